The van der Waals surface area contributed by atoms with E-state index >= 15 is 0 Å². The van der Waals surface area contributed by atoms with Crippen molar-refractivity contribution in [3.05, 3.63) is 35.4 Å². The second kappa shape index (κ2) is 7.77. The molecule has 1 rings (SSSR count). The normalized spacial score (nSPS) is 14.0. The van der Waals surface area contributed by atoms with Crippen molar-refractivity contribution in [2.45, 2.75) is 38.6 Å². The third kappa shape index (κ3) is 6.03. The first kappa shape index (κ1) is 17.9. The van der Waals surface area contributed by atoms with Crippen LogP contribution in [0.2, 0.25) is 0 Å². The predicted octanol–water partition coefficient (Wildman–Crippen LogP) is 2.31. The van der Waals surface area contributed by atoms with Gasteiger partial charge in [0.2, 0.25) is 0 Å². The highest BCUT2D eigenvalue weighted by molar-refractivity contribution is 5.25. The van der Waals surface area contributed by atoms with E-state index in [2.05, 4.69) is 0 Å². The standard InChI is InChI=1S/C15H22F3NO2/c1-11(2)19(9-14(21)10-20)7-6-12-4-3-5-13(8-12)15(16,17)18/h3-5,8,11,14,20-21H,6-7,9-10H2,1-2H3. The van der Waals surface area contributed by atoms with Gasteiger partial charge >= 0.3 is 6.18 Å². The first-order valence-electron chi connectivity index (χ1n) is 6.93. The lowest BCUT2D eigenvalue weighted by atomic mass is 10.1. The van der Waals surface area contributed by atoms with Crippen molar-refractivity contribution in [3.63, 3.8) is 0 Å². The molecule has 0 aromatic heterocycles. The minimum Gasteiger partial charge on any atom is -0.394 e. The van der Waals surface area contributed by atoms with Gasteiger partial charge in [0.1, 0.15) is 0 Å². The van der Waals surface area contributed by atoms with Crippen LogP contribution in [-0.4, -0.2) is 47.0 Å². The number of halogens is 3. The molecular weight excluding hydrogens is 283 g/mol. The van der Waals surface area contributed by atoms with Gasteiger partial charge in [-0.15, -0.1) is 0 Å². The Balaban J connectivity index is 2.68. The van der Waals surface area contributed by atoms with E-state index in [1.807, 2.05) is 18.7 Å². The molecule has 0 saturated heterocycles. The fourth-order valence-electron chi connectivity index (χ4n) is 2.06. The molecule has 0 amide bonds. The van der Waals surface area contributed by atoms with Gasteiger partial charge in [-0.2, -0.15) is 13.2 Å². The fourth-order valence-corrected chi connectivity index (χ4v) is 2.06. The van der Waals surface area contributed by atoms with E-state index in [0.29, 0.717) is 25.1 Å². The summed E-state index contributed by atoms with van der Waals surface area (Å²) in [6, 6.07) is 5.41. The molecule has 2 N–H and O–H groups in total. The van der Waals surface area contributed by atoms with Crippen molar-refractivity contribution in [1.82, 2.24) is 4.90 Å². The van der Waals surface area contributed by atoms with Crippen molar-refractivity contribution in [2.24, 2.45) is 0 Å². The highest BCUT2D eigenvalue weighted by Crippen LogP contribution is 2.29. The minimum atomic E-state index is -4.33. The molecule has 1 aromatic carbocycles. The number of benzene rings is 1. The van der Waals surface area contributed by atoms with Crippen LogP contribution in [0.25, 0.3) is 0 Å². The minimum absolute atomic E-state index is 0.136. The van der Waals surface area contributed by atoms with Crippen molar-refractivity contribution < 1.29 is 23.4 Å². The summed E-state index contributed by atoms with van der Waals surface area (Å²) in [5, 5.41) is 18.4. The van der Waals surface area contributed by atoms with Gasteiger partial charge < -0.3 is 10.2 Å². The molecule has 3 nitrogen and oxygen atoms in total. The number of hydrogen-bond acceptors (Lipinski definition) is 3. The number of alkyl halides is 3. The van der Waals surface area contributed by atoms with Crippen LogP contribution >= 0.6 is 0 Å². The van der Waals surface area contributed by atoms with Crippen molar-refractivity contribution in [3.8, 4) is 0 Å². The van der Waals surface area contributed by atoms with Crippen LogP contribution in [0.4, 0.5) is 13.2 Å². The van der Waals surface area contributed by atoms with Gasteiger partial charge in [0.05, 0.1) is 18.3 Å². The highest BCUT2D eigenvalue weighted by Gasteiger charge is 2.30. The highest BCUT2D eigenvalue weighted by atomic mass is 19.4. The topological polar surface area (TPSA) is 43.7 Å². The summed E-state index contributed by atoms with van der Waals surface area (Å²) in [6.45, 7) is 4.38. The summed E-state index contributed by atoms with van der Waals surface area (Å²) in [5.74, 6) is 0. The van der Waals surface area contributed by atoms with Crippen LogP contribution in [0.1, 0.15) is 25.0 Å². The number of aliphatic hydroxyl groups is 2. The van der Waals surface area contributed by atoms with Gasteiger partial charge in [-0.25, -0.2) is 0 Å². The smallest absolute Gasteiger partial charge is 0.394 e. The molecule has 120 valence electrons. The van der Waals surface area contributed by atoms with Crippen LogP contribution < -0.4 is 0 Å². The molecule has 0 saturated carbocycles. The summed E-state index contributed by atoms with van der Waals surface area (Å²) < 4.78 is 37.9. The Bertz CT molecular complexity index is 435. The summed E-state index contributed by atoms with van der Waals surface area (Å²) in [4.78, 5) is 1.93. The molecule has 1 aromatic rings. The molecule has 0 aliphatic rings. The molecule has 6 heteroatoms. The van der Waals surface area contributed by atoms with Crippen molar-refractivity contribution in [1.29, 1.82) is 0 Å². The summed E-state index contributed by atoms with van der Waals surface area (Å²) in [7, 11) is 0. The van der Waals surface area contributed by atoms with E-state index in [1.165, 1.54) is 6.07 Å². The van der Waals surface area contributed by atoms with Gasteiger partial charge in [-0.05, 0) is 31.9 Å². The predicted molar refractivity (Wildman–Crippen MR) is 74.9 cm³/mol. The quantitative estimate of drug-likeness (QED) is 0.812. The number of nitrogens with zero attached hydrogens (tertiary/aromatic N) is 1. The van der Waals surface area contributed by atoms with Crippen molar-refractivity contribution in [2.75, 3.05) is 19.7 Å². The Morgan fingerprint density at radius 1 is 1.24 bits per heavy atom. The van der Waals surface area contributed by atoms with Gasteiger partial charge in [0, 0.05) is 19.1 Å². The van der Waals surface area contributed by atoms with E-state index in [4.69, 9.17) is 5.11 Å². The average Bonchev–Trinajstić information content (AvgIpc) is 2.42. The first-order chi connectivity index (χ1) is 9.74. The van der Waals surface area contributed by atoms with E-state index in [9.17, 15) is 18.3 Å². The Morgan fingerprint density at radius 3 is 2.43 bits per heavy atom. The van der Waals surface area contributed by atoms with Gasteiger partial charge in [-0.3, -0.25) is 4.90 Å². The summed E-state index contributed by atoms with van der Waals surface area (Å²) in [5.41, 5.74) is -0.0412. The van der Waals surface area contributed by atoms with E-state index in [0.717, 1.165) is 12.1 Å². The maximum Gasteiger partial charge on any atom is 0.416 e. The molecule has 0 aliphatic carbocycles. The Morgan fingerprint density at radius 2 is 1.90 bits per heavy atom. The maximum absolute atomic E-state index is 12.6. The molecule has 0 spiro atoms. The Labute approximate surface area is 123 Å². The third-order valence-electron chi connectivity index (χ3n) is 3.33. The van der Waals surface area contributed by atoms with Gasteiger partial charge in [0.15, 0.2) is 0 Å². The van der Waals surface area contributed by atoms with Crippen LogP contribution in [-0.2, 0) is 12.6 Å². The van der Waals surface area contributed by atoms with Gasteiger partial charge in [0.25, 0.3) is 0 Å². The first-order valence-corrected chi connectivity index (χ1v) is 6.93. The lowest BCUT2D eigenvalue weighted by Crippen LogP contribution is -2.40. The van der Waals surface area contributed by atoms with Crippen LogP contribution in [0, 0.1) is 0 Å². The summed E-state index contributed by atoms with van der Waals surface area (Å²) in [6.07, 6.45) is -4.71. The number of rotatable bonds is 7. The zero-order chi connectivity index (χ0) is 16.0. The SMILES string of the molecule is CC(C)N(CCc1cccc(C(F)(F)F)c1)CC(O)CO. The lowest BCUT2D eigenvalue weighted by Gasteiger charge is -2.28. The van der Waals surface area contributed by atoms with Crippen LogP contribution in [0.3, 0.4) is 0 Å². The number of hydrogen-bond donors (Lipinski definition) is 2. The molecular formula is C15H22F3NO2. The second-order valence-electron chi connectivity index (χ2n) is 5.37. The van der Waals surface area contributed by atoms with Gasteiger partial charge in [-0.1, -0.05) is 18.2 Å². The van der Waals surface area contributed by atoms with Crippen molar-refractivity contribution >= 4 is 0 Å². The molecule has 0 radical (unpaired) electrons. The zero-order valence-corrected chi connectivity index (χ0v) is 12.3. The van der Waals surface area contributed by atoms with E-state index in [-0.39, 0.29) is 12.6 Å². The largest absolute Gasteiger partial charge is 0.416 e. The fraction of sp³-hybridized carbons (Fsp3) is 0.600. The molecule has 1 atom stereocenters. The molecule has 0 fully saturated rings. The van der Waals surface area contributed by atoms with E-state index < -0.39 is 17.8 Å². The molecule has 0 heterocycles. The van der Waals surface area contributed by atoms with Crippen LogP contribution in [0.5, 0.6) is 0 Å². The Kier molecular flexibility index (Phi) is 6.64. The summed E-state index contributed by atoms with van der Waals surface area (Å²) >= 11 is 0. The van der Waals surface area contributed by atoms with Crippen LogP contribution in [0.15, 0.2) is 24.3 Å². The second-order valence-corrected chi connectivity index (χ2v) is 5.37. The Hall–Kier alpha value is -1.11. The van der Waals surface area contributed by atoms with E-state index in [1.54, 1.807) is 6.07 Å². The monoisotopic (exact) mass is 305 g/mol. The maximum atomic E-state index is 12.6. The molecule has 1 unspecified atom stereocenters. The molecule has 0 bridgehead atoms. The zero-order valence-electron chi connectivity index (χ0n) is 12.3. The molecule has 21 heavy (non-hydrogen) atoms. The number of aliphatic hydroxyl groups excluding tert-OH is 2. The lowest BCUT2D eigenvalue weighted by molar-refractivity contribution is -0.137. The third-order valence-corrected chi connectivity index (χ3v) is 3.33. The molecule has 0 aliphatic heterocycles. The average molecular weight is 305 g/mol.